The van der Waals surface area contributed by atoms with Crippen molar-refractivity contribution in [3.8, 4) is 0 Å². The second-order valence-corrected chi connectivity index (χ2v) is 4.84. The predicted molar refractivity (Wildman–Crippen MR) is 69.6 cm³/mol. The summed E-state index contributed by atoms with van der Waals surface area (Å²) >= 11 is 0. The lowest BCUT2D eigenvalue weighted by atomic mass is 10.0. The fraction of sp³-hybridized carbons (Fsp3) is 0.538. The van der Waals surface area contributed by atoms with Gasteiger partial charge in [0.2, 0.25) is 0 Å². The molecule has 5 heteroatoms. The predicted octanol–water partition coefficient (Wildman–Crippen LogP) is 1.19. The average molecular weight is 249 g/mol. The van der Waals surface area contributed by atoms with E-state index in [0.717, 1.165) is 25.2 Å². The molecular weight excluding hydrogens is 230 g/mol. The highest BCUT2D eigenvalue weighted by atomic mass is 16.5. The lowest BCUT2D eigenvalue weighted by molar-refractivity contribution is -0.0441. The van der Waals surface area contributed by atoms with Crippen molar-refractivity contribution in [3.63, 3.8) is 0 Å². The molecule has 5 nitrogen and oxygen atoms in total. The standard InChI is InChI=1S/C13H19N3O2/c1-3-13(2)9-16(6-7-18-13)10-4-5-15-11(8-10)12(14)17/h4-5,8H,3,6-7,9H2,1-2H3,(H2,14,17). The second-order valence-electron chi connectivity index (χ2n) is 4.84. The SMILES string of the molecule is CCC1(C)CN(c2ccnc(C(N)=O)c2)CCO1. The van der Waals surface area contributed by atoms with Crippen molar-refractivity contribution in [2.75, 3.05) is 24.6 Å². The molecule has 0 radical (unpaired) electrons. The summed E-state index contributed by atoms with van der Waals surface area (Å²) in [6.45, 7) is 6.54. The molecule has 0 bridgehead atoms. The molecule has 1 unspecified atom stereocenters. The molecule has 98 valence electrons. The molecule has 1 aliphatic rings. The van der Waals surface area contributed by atoms with Gasteiger partial charge in [-0.15, -0.1) is 0 Å². The number of carbonyl (C=O) groups is 1. The fourth-order valence-electron chi connectivity index (χ4n) is 2.12. The number of aromatic nitrogens is 1. The summed E-state index contributed by atoms with van der Waals surface area (Å²) in [6, 6.07) is 3.64. The highest BCUT2D eigenvalue weighted by Crippen LogP contribution is 2.25. The summed E-state index contributed by atoms with van der Waals surface area (Å²) in [6.07, 6.45) is 2.57. The molecule has 1 aromatic heterocycles. The smallest absolute Gasteiger partial charge is 0.267 e. The minimum absolute atomic E-state index is 0.131. The monoisotopic (exact) mass is 249 g/mol. The number of morpholine rings is 1. The summed E-state index contributed by atoms with van der Waals surface area (Å²) in [7, 11) is 0. The molecule has 2 heterocycles. The van der Waals surface area contributed by atoms with Crippen LogP contribution in [0.3, 0.4) is 0 Å². The zero-order valence-electron chi connectivity index (χ0n) is 10.8. The Hall–Kier alpha value is -1.62. The maximum absolute atomic E-state index is 11.1. The van der Waals surface area contributed by atoms with E-state index >= 15 is 0 Å². The van der Waals surface area contributed by atoms with Crippen molar-refractivity contribution in [3.05, 3.63) is 24.0 Å². The fourth-order valence-corrected chi connectivity index (χ4v) is 2.12. The Labute approximate surface area is 107 Å². The number of nitrogens with zero attached hydrogens (tertiary/aromatic N) is 2. The van der Waals surface area contributed by atoms with Gasteiger partial charge in [-0.05, 0) is 25.5 Å². The van der Waals surface area contributed by atoms with E-state index in [2.05, 4.69) is 23.7 Å². The number of hydrogen-bond acceptors (Lipinski definition) is 4. The van der Waals surface area contributed by atoms with E-state index in [-0.39, 0.29) is 5.60 Å². The Morgan fingerprint density at radius 1 is 1.67 bits per heavy atom. The van der Waals surface area contributed by atoms with Crippen molar-refractivity contribution in [1.29, 1.82) is 0 Å². The van der Waals surface area contributed by atoms with Crippen LogP contribution in [0.15, 0.2) is 18.3 Å². The molecule has 1 aliphatic heterocycles. The molecule has 0 aliphatic carbocycles. The molecular formula is C13H19N3O2. The number of rotatable bonds is 3. The number of pyridine rings is 1. The molecule has 1 amide bonds. The zero-order chi connectivity index (χ0) is 13.2. The Morgan fingerprint density at radius 2 is 2.44 bits per heavy atom. The number of ether oxygens (including phenoxy) is 1. The van der Waals surface area contributed by atoms with Gasteiger partial charge in [-0.25, -0.2) is 0 Å². The molecule has 0 spiro atoms. The third-order valence-electron chi connectivity index (χ3n) is 3.45. The Bertz CT molecular complexity index is 450. The van der Waals surface area contributed by atoms with Crippen molar-refractivity contribution >= 4 is 11.6 Å². The molecule has 1 fully saturated rings. The zero-order valence-corrected chi connectivity index (χ0v) is 10.8. The van der Waals surface area contributed by atoms with E-state index in [1.165, 1.54) is 0 Å². The molecule has 18 heavy (non-hydrogen) atoms. The number of anilines is 1. The van der Waals surface area contributed by atoms with Gasteiger partial charge in [0.1, 0.15) is 5.69 Å². The third kappa shape index (κ3) is 2.61. The normalized spacial score (nSPS) is 24.0. The van der Waals surface area contributed by atoms with Crippen LogP contribution in [0.5, 0.6) is 0 Å². The first kappa shape index (κ1) is 12.8. The van der Waals surface area contributed by atoms with Crippen molar-refractivity contribution in [2.24, 2.45) is 5.73 Å². The first-order valence-electron chi connectivity index (χ1n) is 6.19. The van der Waals surface area contributed by atoms with Crippen LogP contribution in [0.2, 0.25) is 0 Å². The molecule has 1 aromatic rings. The first-order valence-corrected chi connectivity index (χ1v) is 6.19. The van der Waals surface area contributed by atoms with Crippen molar-refractivity contribution in [1.82, 2.24) is 4.98 Å². The largest absolute Gasteiger partial charge is 0.372 e. The maximum atomic E-state index is 11.1. The van der Waals surface area contributed by atoms with Crippen LogP contribution in [-0.4, -0.2) is 36.2 Å². The van der Waals surface area contributed by atoms with Gasteiger partial charge in [0, 0.05) is 25.0 Å². The molecule has 2 N–H and O–H groups in total. The number of hydrogen-bond donors (Lipinski definition) is 1. The van der Waals surface area contributed by atoms with E-state index in [4.69, 9.17) is 10.5 Å². The highest BCUT2D eigenvalue weighted by Gasteiger charge is 2.30. The van der Waals surface area contributed by atoms with E-state index in [1.807, 2.05) is 6.07 Å². The minimum atomic E-state index is -0.497. The van der Waals surface area contributed by atoms with Crippen LogP contribution < -0.4 is 10.6 Å². The van der Waals surface area contributed by atoms with Gasteiger partial charge >= 0.3 is 0 Å². The van der Waals surface area contributed by atoms with Gasteiger partial charge in [0.15, 0.2) is 0 Å². The number of carbonyl (C=O) groups excluding carboxylic acids is 1. The van der Waals surface area contributed by atoms with Gasteiger partial charge in [0.05, 0.1) is 12.2 Å². The van der Waals surface area contributed by atoms with Crippen LogP contribution in [0.4, 0.5) is 5.69 Å². The maximum Gasteiger partial charge on any atom is 0.267 e. The van der Waals surface area contributed by atoms with Crippen molar-refractivity contribution < 1.29 is 9.53 Å². The highest BCUT2D eigenvalue weighted by molar-refractivity contribution is 5.91. The summed E-state index contributed by atoms with van der Waals surface area (Å²) < 4.78 is 5.80. The van der Waals surface area contributed by atoms with Crippen LogP contribution in [-0.2, 0) is 4.74 Å². The number of primary amides is 1. The van der Waals surface area contributed by atoms with Gasteiger partial charge in [-0.1, -0.05) is 6.92 Å². The average Bonchev–Trinajstić information content (AvgIpc) is 2.39. The summed E-state index contributed by atoms with van der Waals surface area (Å²) in [5.41, 5.74) is 6.39. The van der Waals surface area contributed by atoms with Gasteiger partial charge < -0.3 is 15.4 Å². The molecule has 0 saturated carbocycles. The van der Waals surface area contributed by atoms with Crippen LogP contribution in [0.25, 0.3) is 0 Å². The second kappa shape index (κ2) is 4.94. The molecule has 1 saturated heterocycles. The minimum Gasteiger partial charge on any atom is -0.372 e. The van der Waals surface area contributed by atoms with Crippen molar-refractivity contribution in [2.45, 2.75) is 25.9 Å². The van der Waals surface area contributed by atoms with Gasteiger partial charge in [0.25, 0.3) is 5.91 Å². The van der Waals surface area contributed by atoms with Crippen LogP contribution in [0, 0.1) is 0 Å². The molecule has 1 atom stereocenters. The Balaban J connectivity index is 2.21. The third-order valence-corrected chi connectivity index (χ3v) is 3.45. The molecule has 2 rings (SSSR count). The Kier molecular flexibility index (Phi) is 3.52. The summed E-state index contributed by atoms with van der Waals surface area (Å²) in [4.78, 5) is 17.3. The molecule has 0 aromatic carbocycles. The summed E-state index contributed by atoms with van der Waals surface area (Å²) in [5.74, 6) is -0.497. The number of nitrogens with two attached hydrogens (primary N) is 1. The van der Waals surface area contributed by atoms with Crippen LogP contribution in [0.1, 0.15) is 30.8 Å². The first-order chi connectivity index (χ1) is 8.54. The van der Waals surface area contributed by atoms with E-state index in [9.17, 15) is 4.79 Å². The summed E-state index contributed by atoms with van der Waals surface area (Å²) in [5, 5.41) is 0. The lowest BCUT2D eigenvalue weighted by Crippen LogP contribution is -2.49. The van der Waals surface area contributed by atoms with Crippen LogP contribution >= 0.6 is 0 Å². The van der Waals surface area contributed by atoms with E-state index in [0.29, 0.717) is 12.3 Å². The van der Waals surface area contributed by atoms with E-state index in [1.54, 1.807) is 12.3 Å². The topological polar surface area (TPSA) is 68.5 Å². The van der Waals surface area contributed by atoms with Gasteiger partial charge in [-0.3, -0.25) is 9.78 Å². The Morgan fingerprint density at radius 3 is 3.11 bits per heavy atom. The van der Waals surface area contributed by atoms with Gasteiger partial charge in [-0.2, -0.15) is 0 Å². The lowest BCUT2D eigenvalue weighted by Gasteiger charge is -2.41. The van der Waals surface area contributed by atoms with E-state index < -0.39 is 5.91 Å². The quantitative estimate of drug-likeness (QED) is 0.873. The number of amides is 1.